The maximum absolute atomic E-state index is 12.8. The van der Waals surface area contributed by atoms with Gasteiger partial charge in [-0.15, -0.1) is 4.91 Å². The molecule has 42 heavy (non-hydrogen) atoms. The summed E-state index contributed by atoms with van der Waals surface area (Å²) >= 11 is 0. The number of nitroso groups, excluding NO2 is 1. The van der Waals surface area contributed by atoms with Crippen LogP contribution in [-0.2, 0) is 9.53 Å². The molecule has 0 saturated heterocycles. The summed E-state index contributed by atoms with van der Waals surface area (Å²) < 4.78 is 5.94. The first kappa shape index (κ1) is 33.4. The van der Waals surface area contributed by atoms with E-state index in [1.165, 1.54) is 50.5 Å². The van der Waals surface area contributed by atoms with Crippen molar-refractivity contribution >= 4 is 12.7 Å². The lowest BCUT2D eigenvalue weighted by atomic mass is 9.41. The van der Waals surface area contributed by atoms with Gasteiger partial charge in [0.15, 0.2) is 6.04 Å². The van der Waals surface area contributed by atoms with Gasteiger partial charge in [-0.3, -0.25) is 0 Å². The largest absolute Gasteiger partial charge is 0.460 e. The van der Waals surface area contributed by atoms with Crippen LogP contribution >= 0.6 is 0 Å². The van der Waals surface area contributed by atoms with E-state index in [0.717, 1.165) is 68.1 Å². The highest BCUT2D eigenvalue weighted by molar-refractivity contribution is 5.76. The van der Waals surface area contributed by atoms with Crippen LogP contribution in [0.1, 0.15) is 138 Å². The molecule has 238 valence electrons. The van der Waals surface area contributed by atoms with Gasteiger partial charge in [-0.25, -0.2) is 4.79 Å². The predicted octanol–water partition coefficient (Wildman–Crippen LogP) is 9.97. The van der Waals surface area contributed by atoms with Crippen molar-refractivity contribution in [1.29, 1.82) is 0 Å². The second-order valence-corrected chi connectivity index (χ2v) is 16.0. The highest BCUT2D eigenvalue weighted by Gasteiger charge is 2.64. The summed E-state index contributed by atoms with van der Waals surface area (Å²) in [5, 5.41) is 3.11. The molecule has 0 radical (unpaired) electrons. The maximum Gasteiger partial charge on any atom is 0.334 e. The number of rotatable bonds is 14. The van der Waals surface area contributed by atoms with Gasteiger partial charge in [0.05, 0.1) is 0 Å². The van der Waals surface area contributed by atoms with Gasteiger partial charge in [0.1, 0.15) is 6.10 Å². The van der Waals surface area contributed by atoms with Crippen molar-refractivity contribution in [3.63, 3.8) is 0 Å². The SMILES string of the molecule is C=NCCCC[C@H](N=O)C(=O)O[C@H]1CC[C@@]2(C)C(=CC[C@@]3(C)[C@@H]4CC[C@H]([C@H](C)CC[C@@H](CC)C(C)C)[C@@]4(C)CC[C@@H]32)C1. The number of nitrogens with zero attached hydrogens (tertiary/aromatic N) is 2. The van der Waals surface area contributed by atoms with Crippen LogP contribution in [0.3, 0.4) is 0 Å². The van der Waals surface area contributed by atoms with E-state index < -0.39 is 12.0 Å². The van der Waals surface area contributed by atoms with Crippen molar-refractivity contribution in [2.45, 2.75) is 151 Å². The average molecular weight is 583 g/mol. The molecule has 3 saturated carbocycles. The van der Waals surface area contributed by atoms with Gasteiger partial charge >= 0.3 is 5.97 Å². The van der Waals surface area contributed by atoms with Crippen molar-refractivity contribution in [3.8, 4) is 0 Å². The van der Waals surface area contributed by atoms with Crippen molar-refractivity contribution in [1.82, 2.24) is 0 Å². The molecule has 4 rings (SSSR count). The van der Waals surface area contributed by atoms with Crippen LogP contribution in [-0.4, -0.2) is 31.4 Å². The van der Waals surface area contributed by atoms with Crippen LogP contribution < -0.4 is 0 Å². The van der Waals surface area contributed by atoms with Gasteiger partial charge in [0.25, 0.3) is 0 Å². The predicted molar refractivity (Wildman–Crippen MR) is 175 cm³/mol. The molecule has 4 aliphatic rings. The van der Waals surface area contributed by atoms with Gasteiger partial charge in [-0.1, -0.05) is 78.1 Å². The summed E-state index contributed by atoms with van der Waals surface area (Å²) in [6.45, 7) is 21.7. The maximum atomic E-state index is 12.8. The van der Waals surface area contributed by atoms with Gasteiger partial charge in [-0.05, 0) is 129 Å². The van der Waals surface area contributed by atoms with E-state index in [0.29, 0.717) is 29.7 Å². The fraction of sp³-hybridized carbons (Fsp3) is 0.892. The molecule has 4 aliphatic carbocycles. The number of esters is 1. The topological polar surface area (TPSA) is 68.1 Å². The van der Waals surface area contributed by atoms with Crippen LogP contribution in [0.15, 0.2) is 21.8 Å². The highest BCUT2D eigenvalue weighted by Crippen LogP contribution is 2.72. The minimum Gasteiger partial charge on any atom is -0.460 e. The van der Waals surface area contributed by atoms with Crippen LogP contribution in [0.5, 0.6) is 0 Å². The van der Waals surface area contributed by atoms with Crippen molar-refractivity contribution < 1.29 is 9.53 Å². The molecule has 0 aliphatic heterocycles. The molecule has 5 nitrogen and oxygen atoms in total. The number of allylic oxidation sites excluding steroid dienone is 1. The van der Waals surface area contributed by atoms with Gasteiger partial charge in [0, 0.05) is 13.0 Å². The van der Waals surface area contributed by atoms with Crippen LogP contribution in [0.25, 0.3) is 0 Å². The summed E-state index contributed by atoms with van der Waals surface area (Å²) in [4.78, 5) is 28.1. The molecule has 10 atom stereocenters. The third kappa shape index (κ3) is 6.32. The Labute approximate surface area is 257 Å². The van der Waals surface area contributed by atoms with Crippen molar-refractivity contribution in [3.05, 3.63) is 16.6 Å². The Morgan fingerprint density at radius 1 is 1.00 bits per heavy atom. The first-order valence-electron chi connectivity index (χ1n) is 17.6. The molecule has 0 spiro atoms. The van der Waals surface area contributed by atoms with Gasteiger partial charge in [-0.2, -0.15) is 0 Å². The molecule has 3 fully saturated rings. The highest BCUT2D eigenvalue weighted by atomic mass is 16.5. The first-order chi connectivity index (χ1) is 19.9. The minimum atomic E-state index is -0.904. The van der Waals surface area contributed by atoms with E-state index in [9.17, 15) is 9.70 Å². The zero-order chi connectivity index (χ0) is 30.7. The average Bonchev–Trinajstić information content (AvgIpc) is 3.31. The Kier molecular flexibility index (Phi) is 10.8. The molecule has 0 bridgehead atoms. The monoisotopic (exact) mass is 582 g/mol. The number of fused-ring (bicyclic) bond motifs is 5. The number of hydrogen-bond donors (Lipinski definition) is 0. The Balaban J connectivity index is 1.42. The van der Waals surface area contributed by atoms with Crippen molar-refractivity contribution in [2.75, 3.05) is 6.54 Å². The fourth-order valence-electron chi connectivity index (χ4n) is 11.1. The van der Waals surface area contributed by atoms with Crippen LogP contribution in [0.2, 0.25) is 0 Å². The summed E-state index contributed by atoms with van der Waals surface area (Å²) in [5.41, 5.74) is 2.50. The van der Waals surface area contributed by atoms with E-state index in [4.69, 9.17) is 4.74 Å². The first-order valence-corrected chi connectivity index (χ1v) is 17.6. The van der Waals surface area contributed by atoms with E-state index in [2.05, 4.69) is 71.4 Å². The number of aliphatic imine (C=N–C) groups is 1. The summed E-state index contributed by atoms with van der Waals surface area (Å²) in [6.07, 6.45) is 17.9. The minimum absolute atomic E-state index is 0.136. The molecular formula is C37H62N2O3. The fourth-order valence-corrected chi connectivity index (χ4v) is 11.1. The van der Waals surface area contributed by atoms with E-state index in [1.807, 2.05) is 0 Å². The molecule has 0 aromatic carbocycles. The zero-order valence-electron chi connectivity index (χ0n) is 28.1. The molecule has 0 heterocycles. The van der Waals surface area contributed by atoms with E-state index in [-0.39, 0.29) is 11.5 Å². The molecule has 0 amide bonds. The smallest absolute Gasteiger partial charge is 0.334 e. The Bertz CT molecular complexity index is 991. The summed E-state index contributed by atoms with van der Waals surface area (Å²) in [6, 6.07) is -0.904. The lowest BCUT2D eigenvalue weighted by Crippen LogP contribution is -2.56. The Morgan fingerprint density at radius 3 is 2.43 bits per heavy atom. The number of carbonyl (C=O) groups excluding carboxylic acids is 1. The number of hydrogen-bond acceptors (Lipinski definition) is 5. The molecule has 0 N–H and O–H groups in total. The van der Waals surface area contributed by atoms with E-state index >= 15 is 0 Å². The van der Waals surface area contributed by atoms with Gasteiger partial charge < -0.3 is 9.73 Å². The quantitative estimate of drug-likeness (QED) is 0.0673. The normalized spacial score (nSPS) is 38.0. The van der Waals surface area contributed by atoms with Gasteiger partial charge in [0.2, 0.25) is 0 Å². The molecule has 0 aromatic heterocycles. The third-order valence-electron chi connectivity index (χ3n) is 13.6. The standard InChI is InChI=1S/C37H62N2O3/c1-9-27(25(2)3)14-13-26(4)30-15-16-32-36(30,6)22-19-33-35(5)21-18-29(24-28(35)17-20-37(32,33)7)42-34(40)31(39-41)12-10-11-23-38-8/h17,25-27,29-33H,8-16,18-24H2,1-7H3/t26-,27-,29+,30-,31+,32-,33-,35+,36-,37+/m1/s1. The lowest BCUT2D eigenvalue weighted by molar-refractivity contribution is -0.155. The number of carbonyl (C=O) groups is 1. The second-order valence-electron chi connectivity index (χ2n) is 16.0. The zero-order valence-corrected chi connectivity index (χ0v) is 28.1. The van der Waals surface area contributed by atoms with Crippen LogP contribution in [0, 0.1) is 56.7 Å². The Morgan fingerprint density at radius 2 is 1.76 bits per heavy atom. The number of ether oxygens (including phenoxy) is 1. The summed E-state index contributed by atoms with van der Waals surface area (Å²) in [7, 11) is 0. The summed E-state index contributed by atoms with van der Waals surface area (Å²) in [5.74, 6) is 4.37. The van der Waals surface area contributed by atoms with Crippen molar-refractivity contribution in [2.24, 2.45) is 61.9 Å². The molecule has 0 aromatic rings. The Hall–Kier alpha value is -1.52. The molecule has 5 heteroatoms. The van der Waals surface area contributed by atoms with E-state index in [1.54, 1.807) is 0 Å². The number of unbranched alkanes of at least 4 members (excludes halogenated alkanes) is 1. The van der Waals surface area contributed by atoms with Crippen LogP contribution in [0.4, 0.5) is 0 Å². The molecule has 0 unspecified atom stereocenters. The lowest BCUT2D eigenvalue weighted by Gasteiger charge is -2.63. The second kappa shape index (κ2) is 13.6. The molecular weight excluding hydrogens is 520 g/mol. The third-order valence-corrected chi connectivity index (χ3v) is 13.6.